The van der Waals surface area contributed by atoms with Crippen molar-refractivity contribution in [2.24, 2.45) is 46.8 Å². The number of carbonyl (C=O) groups excluding carboxylic acids is 18. The number of nitrogens with zero attached hydrogens (tertiary/aromatic N) is 3. The molecule has 45 nitrogen and oxygen atoms in total. The van der Waals surface area contributed by atoms with Gasteiger partial charge in [-0.05, 0) is 153 Å². The van der Waals surface area contributed by atoms with Crippen LogP contribution in [0.3, 0.4) is 0 Å². The van der Waals surface area contributed by atoms with Gasteiger partial charge in [-0.15, -0.1) is 0 Å². The van der Waals surface area contributed by atoms with Gasteiger partial charge in [0, 0.05) is 44.2 Å². The number of carboxylic acid groups (broad SMARTS) is 1. The minimum atomic E-state index is -2.00. The van der Waals surface area contributed by atoms with E-state index in [1.165, 1.54) is 29.2 Å². The maximum Gasteiger partial charge on any atom is 0.326 e. The van der Waals surface area contributed by atoms with Crippen LogP contribution in [0.4, 0.5) is 0 Å². The van der Waals surface area contributed by atoms with Gasteiger partial charge >= 0.3 is 5.97 Å². The number of amides is 18. The van der Waals surface area contributed by atoms with Crippen molar-refractivity contribution in [2.45, 2.75) is 309 Å². The second kappa shape index (κ2) is 56.1. The Hall–Kier alpha value is -11.8. The van der Waals surface area contributed by atoms with E-state index < -0.39 is 248 Å². The molecule has 2 aromatic rings. The van der Waals surface area contributed by atoms with Crippen molar-refractivity contribution < 1.29 is 112 Å². The first-order valence-electron chi connectivity index (χ1n) is 45.1. The molecule has 1 aromatic heterocycles. The van der Waals surface area contributed by atoms with E-state index in [9.17, 15) is 112 Å². The molecule has 0 radical (unpaired) electrons. The van der Waals surface area contributed by atoms with Crippen LogP contribution in [0.1, 0.15) is 198 Å². The SMILES string of the molecule is CC(C)C[C@H](NC(=O)CNC(=O)[C@@H]1CCCN1C(=O)CNC(=O)[C@@H]1CCCN1C(=O)[C@@H](N)CC(C)C)C(=O)N[C@@H](CCC(N)=O)C(=O)N[C@@H](CC(C)C)C(=O)N[C@@H](CC(C)C)C(=O)N[C@@H](Cc1cnc[nH]1)C(=O)NCC(=O)N[C@H](C(=O)N[C@H](C(=O)N[C@H](C(=O)N[C@@H](CC(C)C)C(=O)N[C@@H](C)C(=O)N[C@@H](Cc1ccccc1)C(=O)N[C@@H](CCCCN)C(=O)O)[C@@H](C)O)[C@@H](C)O)[C@@H](C)O. The second-order valence-corrected chi connectivity index (χ2v) is 36.0. The number of aliphatic hydroxyl groups excluding tert-OH is 3. The van der Waals surface area contributed by atoms with Gasteiger partial charge in [-0.2, -0.15) is 0 Å². The average molecular weight is 1860 g/mol. The summed E-state index contributed by atoms with van der Waals surface area (Å²) in [6, 6.07) is -12.9. The largest absolute Gasteiger partial charge is 0.480 e. The highest BCUT2D eigenvalue weighted by Gasteiger charge is 2.43. The number of unbranched alkanes of at least 4 members (excludes halogenated alkanes) is 1. The zero-order valence-electron chi connectivity index (χ0n) is 78.0. The van der Waals surface area contributed by atoms with E-state index >= 15 is 0 Å². The normalized spacial score (nSPS) is 17.4. The fourth-order valence-electron chi connectivity index (χ4n) is 14.9. The van der Waals surface area contributed by atoms with Crippen molar-refractivity contribution >= 4 is 112 Å². The lowest BCUT2D eigenvalue weighted by Gasteiger charge is -2.29. The van der Waals surface area contributed by atoms with E-state index in [0.29, 0.717) is 57.2 Å². The number of primary amides is 1. The standard InChI is InChI=1S/C87H142N22O23/c1-44(2)32-55(89)86(130)109-31-21-26-65(109)82(126)94-42-69(116)108-30-20-25-64(108)81(125)93-40-67(114)97-58(33-45(3)4)77(121)98-56(27-28-66(90)113)75(119)101-60(35-47(7)8)78(122)102-61(36-48(9)10)79(123)103-63(38-54-39-91-43-95-54)74(118)92-41-68(115)105-70(50(12)110)84(128)107-72(52(14)112)85(129)106-71(51(13)111)83(127)104-59(34-46(5)6)76(120)96-49(11)73(117)100-62(37-53-22-16-15-17-23-53)80(124)99-57(87(131)132)24-18-19-29-88/h15-17,22-23,39,43-52,55-65,70-72,110-112H,18-21,24-38,40-42,88-89H2,1-14H3,(H2,90,113)(H,91,95)(H,92,118)(H,93,125)(H,94,126)(H,96,120)(H,97,114)(H,98,121)(H,99,124)(H,100,117)(H,101,119)(H,102,122)(H,103,123)(H,104,127)(H,105,115)(H,106,129)(H,107,128)(H,131,132)/t49-,50+,51+,52+,55-,56-,57-,58-,59-,60-,61-,62-,63-,64-,65-,70-,71-,72-/m0/s1. The summed E-state index contributed by atoms with van der Waals surface area (Å²) < 4.78 is 0. The van der Waals surface area contributed by atoms with E-state index in [2.05, 4.69) is 89.7 Å². The lowest BCUT2D eigenvalue weighted by atomic mass is 9.99. The number of hydrogen-bond donors (Lipinski definition) is 23. The lowest BCUT2D eigenvalue weighted by Crippen LogP contribution is -2.64. The van der Waals surface area contributed by atoms with Gasteiger partial charge in [-0.3, -0.25) is 86.3 Å². The molecule has 0 bridgehead atoms. The summed E-state index contributed by atoms with van der Waals surface area (Å²) in [6.45, 7) is 20.8. The molecular formula is C87H142N22O23. The molecule has 2 fully saturated rings. The topological polar surface area (TPSA) is 699 Å². The van der Waals surface area contributed by atoms with Crippen molar-refractivity contribution in [3.05, 3.63) is 54.1 Å². The van der Waals surface area contributed by atoms with Gasteiger partial charge in [0.15, 0.2) is 0 Å². The number of carbonyl (C=O) groups is 19. The number of aliphatic carboxylic acids is 1. The molecule has 2 aliphatic rings. The minimum Gasteiger partial charge on any atom is -0.480 e. The number of aliphatic hydroxyl groups is 3. The minimum absolute atomic E-state index is 0.0129. The predicted octanol–water partition coefficient (Wildman–Crippen LogP) is -5.46. The molecule has 2 aliphatic heterocycles. The molecule has 18 atom stereocenters. The Balaban J connectivity index is 1.43. The molecule has 132 heavy (non-hydrogen) atoms. The van der Waals surface area contributed by atoms with Gasteiger partial charge in [0.1, 0.15) is 84.6 Å². The van der Waals surface area contributed by atoms with Gasteiger partial charge in [0.2, 0.25) is 106 Å². The highest BCUT2D eigenvalue weighted by atomic mass is 16.4. The number of carboxylic acids is 1. The number of aromatic amines is 1. The molecular weight excluding hydrogens is 1720 g/mol. The van der Waals surface area contributed by atoms with Crippen LogP contribution in [0.25, 0.3) is 0 Å². The summed E-state index contributed by atoms with van der Waals surface area (Å²) in [5.74, 6) is -18.6. The third kappa shape index (κ3) is 38.9. The summed E-state index contributed by atoms with van der Waals surface area (Å²) >= 11 is 0. The van der Waals surface area contributed by atoms with Crippen LogP contribution in [0, 0.1) is 29.6 Å². The Morgan fingerprint density at radius 3 is 1.31 bits per heavy atom. The molecule has 4 rings (SSSR count). The summed E-state index contributed by atoms with van der Waals surface area (Å²) in [5, 5.41) is 79.8. The molecule has 26 N–H and O–H groups in total. The average Bonchev–Trinajstić information content (AvgIpc) is 1.71. The highest BCUT2D eigenvalue weighted by Crippen LogP contribution is 2.23. The van der Waals surface area contributed by atoms with Gasteiger partial charge in [-0.1, -0.05) is 99.6 Å². The zero-order valence-corrected chi connectivity index (χ0v) is 78.0. The van der Waals surface area contributed by atoms with E-state index in [1.807, 2.05) is 13.8 Å². The number of rotatable bonds is 57. The Bertz CT molecular complexity index is 4210. The number of likely N-dealkylation sites (tertiary alicyclic amines) is 2. The Morgan fingerprint density at radius 1 is 0.432 bits per heavy atom. The third-order valence-electron chi connectivity index (χ3n) is 21.8. The smallest absolute Gasteiger partial charge is 0.326 e. The molecule has 0 spiro atoms. The highest BCUT2D eigenvalue weighted by molar-refractivity contribution is 6.01. The molecule has 738 valence electrons. The third-order valence-corrected chi connectivity index (χ3v) is 21.8. The summed E-state index contributed by atoms with van der Waals surface area (Å²) in [5.41, 5.74) is 18.1. The van der Waals surface area contributed by atoms with Crippen molar-refractivity contribution in [1.29, 1.82) is 0 Å². The Labute approximate surface area is 768 Å². The first-order valence-corrected chi connectivity index (χ1v) is 45.1. The monoisotopic (exact) mass is 1860 g/mol. The van der Waals surface area contributed by atoms with Crippen LogP contribution < -0.4 is 97.0 Å². The molecule has 0 saturated carbocycles. The number of hydrogen-bond acceptors (Lipinski definition) is 25. The van der Waals surface area contributed by atoms with Crippen LogP contribution in [0.5, 0.6) is 0 Å². The number of nitrogens with one attached hydrogen (secondary N) is 16. The first-order chi connectivity index (χ1) is 62.0. The van der Waals surface area contributed by atoms with Gasteiger partial charge < -0.3 is 132 Å². The first kappa shape index (κ1) is 112. The maximum atomic E-state index is 14.6. The van der Waals surface area contributed by atoms with Crippen LogP contribution in [0.2, 0.25) is 0 Å². The molecule has 1 aromatic carbocycles. The summed E-state index contributed by atoms with van der Waals surface area (Å²) in [7, 11) is 0. The van der Waals surface area contributed by atoms with Crippen LogP contribution in [0.15, 0.2) is 42.9 Å². The fraction of sp³-hybridized carbons (Fsp3) is 0.678. The number of imidazole rings is 1. The summed E-state index contributed by atoms with van der Waals surface area (Å²) in [4.78, 5) is 271. The van der Waals surface area contributed by atoms with Gasteiger partial charge in [-0.25, -0.2) is 9.78 Å². The Morgan fingerprint density at radius 2 is 0.833 bits per heavy atom. The molecule has 3 heterocycles. The van der Waals surface area contributed by atoms with Crippen molar-refractivity contribution in [2.75, 3.05) is 39.3 Å². The van der Waals surface area contributed by atoms with Crippen LogP contribution in [-0.4, -0.2) is 301 Å². The number of H-pyrrole nitrogens is 1. The molecule has 18 amide bonds. The second-order valence-electron chi connectivity index (χ2n) is 36.0. The van der Waals surface area contributed by atoms with E-state index in [-0.39, 0.29) is 99.1 Å². The fourth-order valence-corrected chi connectivity index (χ4v) is 14.9. The van der Waals surface area contributed by atoms with E-state index in [4.69, 9.17) is 17.2 Å². The molecule has 0 unspecified atom stereocenters. The van der Waals surface area contributed by atoms with Crippen LogP contribution in [-0.2, 0) is 104 Å². The molecule has 2 saturated heterocycles. The number of nitrogens with two attached hydrogens (primary N) is 3. The van der Waals surface area contributed by atoms with Crippen LogP contribution >= 0.6 is 0 Å². The van der Waals surface area contributed by atoms with Gasteiger partial charge in [0.05, 0.1) is 50.3 Å². The maximum absolute atomic E-state index is 14.6. The number of aromatic nitrogens is 2. The lowest BCUT2D eigenvalue weighted by molar-refractivity contribution is -0.142. The van der Waals surface area contributed by atoms with Crippen molar-refractivity contribution in [3.63, 3.8) is 0 Å². The molecule has 0 aliphatic carbocycles. The predicted molar refractivity (Wildman–Crippen MR) is 479 cm³/mol. The molecule has 45 heteroatoms. The zero-order chi connectivity index (χ0) is 99.1. The van der Waals surface area contributed by atoms with Crippen molar-refractivity contribution in [1.82, 2.24) is 99.5 Å². The quantitative estimate of drug-likeness (QED) is 0.0275. The van der Waals surface area contributed by atoms with Gasteiger partial charge in [0.25, 0.3) is 0 Å². The van der Waals surface area contributed by atoms with E-state index in [1.54, 1.807) is 85.7 Å². The summed E-state index contributed by atoms with van der Waals surface area (Å²) in [6.07, 6.45) is -1.28. The number of benzene rings is 1. The van der Waals surface area contributed by atoms with Crippen molar-refractivity contribution in [3.8, 4) is 0 Å². The Kier molecular flexibility index (Phi) is 47.8. The van der Waals surface area contributed by atoms with E-state index in [0.717, 1.165) is 20.8 Å².